The molecule has 0 aromatic carbocycles. The summed E-state index contributed by atoms with van der Waals surface area (Å²) in [7, 11) is -3.52. The van der Waals surface area contributed by atoms with Gasteiger partial charge in [0.1, 0.15) is 4.90 Å². The average molecular weight is 427 g/mol. The van der Waals surface area contributed by atoms with Crippen LogP contribution in [0.5, 0.6) is 0 Å². The van der Waals surface area contributed by atoms with Crippen LogP contribution in [0.2, 0.25) is 0 Å². The van der Waals surface area contributed by atoms with Gasteiger partial charge in [-0.1, -0.05) is 6.92 Å². The minimum absolute atomic E-state index is 0. The Morgan fingerprint density at radius 1 is 1.35 bits per heavy atom. The maximum absolute atomic E-state index is 12.5. The average Bonchev–Trinajstić information content (AvgIpc) is 2.61. The summed E-state index contributed by atoms with van der Waals surface area (Å²) in [6.07, 6.45) is 3.99. The molecule has 1 saturated heterocycles. The molecule has 7 nitrogen and oxygen atoms in total. The highest BCUT2D eigenvalue weighted by Crippen LogP contribution is 2.23. The van der Waals surface area contributed by atoms with Crippen LogP contribution in [-0.4, -0.2) is 55.8 Å². The third-order valence-electron chi connectivity index (χ3n) is 4.23. The number of sulfonamides is 1. The molecular weight excluding hydrogens is 399 g/mol. The maximum atomic E-state index is 12.5. The fraction of sp³-hybridized carbons (Fsp3) is 0.625. The number of nitrogens with zero attached hydrogens (tertiary/aromatic N) is 2. The van der Waals surface area contributed by atoms with Gasteiger partial charge in [-0.3, -0.25) is 9.78 Å². The minimum atomic E-state index is -3.52. The summed E-state index contributed by atoms with van der Waals surface area (Å²) in [5, 5.41) is 6.18. The van der Waals surface area contributed by atoms with E-state index in [4.69, 9.17) is 0 Å². The molecule has 2 heterocycles. The summed E-state index contributed by atoms with van der Waals surface area (Å²) in [5.41, 5.74) is 0. The molecule has 1 fully saturated rings. The molecule has 0 unspecified atom stereocenters. The zero-order chi connectivity index (χ0) is 17.6. The standard InChI is InChI=1S/C16H26N4O3S.2ClH/c1-3-18-13(2)11-19-16(21)14-6-9-20(10-7-14)24(22,23)15-5-4-8-17-12-15;;/h4-5,8,12-14,18H,3,6-7,9-11H2,1-2H3,(H,19,21);2*1H/t13-;;/m1../s1. The third-order valence-corrected chi connectivity index (χ3v) is 6.11. The van der Waals surface area contributed by atoms with E-state index in [1.165, 1.54) is 10.5 Å². The van der Waals surface area contributed by atoms with Crippen LogP contribution in [0.25, 0.3) is 0 Å². The van der Waals surface area contributed by atoms with Crippen molar-refractivity contribution in [2.75, 3.05) is 26.2 Å². The van der Waals surface area contributed by atoms with E-state index in [2.05, 4.69) is 15.6 Å². The van der Waals surface area contributed by atoms with Crippen molar-refractivity contribution in [3.05, 3.63) is 24.5 Å². The summed E-state index contributed by atoms with van der Waals surface area (Å²) in [4.78, 5) is 16.3. The molecule has 0 spiro atoms. The second-order valence-corrected chi connectivity index (χ2v) is 8.01. The highest BCUT2D eigenvalue weighted by molar-refractivity contribution is 7.89. The highest BCUT2D eigenvalue weighted by atomic mass is 35.5. The monoisotopic (exact) mass is 426 g/mol. The number of rotatable bonds is 7. The molecule has 1 amide bonds. The molecule has 2 rings (SSSR count). The highest BCUT2D eigenvalue weighted by Gasteiger charge is 2.32. The van der Waals surface area contributed by atoms with Gasteiger partial charge in [-0.25, -0.2) is 8.42 Å². The van der Waals surface area contributed by atoms with Gasteiger partial charge in [-0.15, -0.1) is 24.8 Å². The number of likely N-dealkylation sites (N-methyl/N-ethyl adjacent to an activating group) is 1. The van der Waals surface area contributed by atoms with Crippen LogP contribution in [0.1, 0.15) is 26.7 Å². The molecule has 10 heteroatoms. The molecule has 1 aliphatic heterocycles. The molecule has 1 aromatic heterocycles. The Balaban J connectivity index is 0.00000312. The third kappa shape index (κ3) is 6.66. The first-order valence-electron chi connectivity index (χ1n) is 8.36. The molecule has 0 aliphatic carbocycles. The Bertz CT molecular complexity index is 638. The van der Waals surface area contributed by atoms with E-state index in [1.807, 2.05) is 13.8 Å². The van der Waals surface area contributed by atoms with E-state index < -0.39 is 10.0 Å². The predicted molar refractivity (Wildman–Crippen MR) is 106 cm³/mol. The van der Waals surface area contributed by atoms with Gasteiger partial charge < -0.3 is 10.6 Å². The number of halogens is 2. The van der Waals surface area contributed by atoms with Crippen molar-refractivity contribution < 1.29 is 13.2 Å². The van der Waals surface area contributed by atoms with Crippen molar-refractivity contribution in [3.8, 4) is 0 Å². The van der Waals surface area contributed by atoms with Crippen molar-refractivity contribution in [1.82, 2.24) is 19.9 Å². The van der Waals surface area contributed by atoms with Crippen LogP contribution in [0.3, 0.4) is 0 Å². The van der Waals surface area contributed by atoms with Crippen molar-refractivity contribution in [2.24, 2.45) is 5.92 Å². The van der Waals surface area contributed by atoms with Crippen LogP contribution < -0.4 is 10.6 Å². The van der Waals surface area contributed by atoms with Crippen LogP contribution in [-0.2, 0) is 14.8 Å². The number of hydrogen-bond acceptors (Lipinski definition) is 5. The Labute approximate surface area is 168 Å². The smallest absolute Gasteiger partial charge is 0.244 e. The van der Waals surface area contributed by atoms with E-state index in [0.29, 0.717) is 32.5 Å². The van der Waals surface area contributed by atoms with Gasteiger partial charge in [0.2, 0.25) is 15.9 Å². The number of hydrogen-bond donors (Lipinski definition) is 2. The second-order valence-electron chi connectivity index (χ2n) is 6.07. The molecule has 0 bridgehead atoms. The van der Waals surface area contributed by atoms with Gasteiger partial charge in [0, 0.05) is 44.0 Å². The van der Waals surface area contributed by atoms with Crippen molar-refractivity contribution in [2.45, 2.75) is 37.6 Å². The molecule has 2 N–H and O–H groups in total. The lowest BCUT2D eigenvalue weighted by molar-refractivity contribution is -0.126. The number of nitrogens with one attached hydrogen (secondary N) is 2. The zero-order valence-corrected chi connectivity index (χ0v) is 17.5. The van der Waals surface area contributed by atoms with Crippen molar-refractivity contribution in [1.29, 1.82) is 0 Å². The van der Waals surface area contributed by atoms with E-state index in [9.17, 15) is 13.2 Å². The first-order chi connectivity index (χ1) is 11.4. The topological polar surface area (TPSA) is 91.4 Å². The number of amides is 1. The molecule has 1 aliphatic rings. The first-order valence-corrected chi connectivity index (χ1v) is 9.80. The van der Waals surface area contributed by atoms with Crippen LogP contribution in [0, 0.1) is 5.92 Å². The first kappa shape index (κ1) is 25.1. The quantitative estimate of drug-likeness (QED) is 0.687. The fourth-order valence-corrected chi connectivity index (χ4v) is 4.26. The molecule has 1 aromatic rings. The molecule has 1 atom stereocenters. The predicted octanol–water partition coefficient (Wildman–Crippen LogP) is 1.44. The fourth-order valence-electron chi connectivity index (χ4n) is 2.83. The molecular formula is C16H28Cl2N4O3S. The van der Waals surface area contributed by atoms with E-state index in [1.54, 1.807) is 18.3 Å². The second kappa shape index (κ2) is 11.7. The molecule has 0 saturated carbocycles. The zero-order valence-electron chi connectivity index (χ0n) is 15.1. The summed E-state index contributed by atoms with van der Waals surface area (Å²) >= 11 is 0. The Hall–Kier alpha value is -0.930. The molecule has 0 radical (unpaired) electrons. The lowest BCUT2D eigenvalue weighted by atomic mass is 9.97. The summed E-state index contributed by atoms with van der Waals surface area (Å²) < 4.78 is 26.5. The van der Waals surface area contributed by atoms with Crippen LogP contribution in [0.4, 0.5) is 0 Å². The molecule has 150 valence electrons. The summed E-state index contributed by atoms with van der Waals surface area (Å²) in [6.45, 7) is 6.21. The van der Waals surface area contributed by atoms with Gasteiger partial charge in [-0.2, -0.15) is 4.31 Å². The normalized spacial score (nSPS) is 16.8. The Morgan fingerprint density at radius 2 is 2.00 bits per heavy atom. The van der Waals surface area contributed by atoms with Crippen molar-refractivity contribution >= 4 is 40.7 Å². The summed E-state index contributed by atoms with van der Waals surface area (Å²) in [5.74, 6) is -0.114. The largest absolute Gasteiger partial charge is 0.354 e. The maximum Gasteiger partial charge on any atom is 0.244 e. The van der Waals surface area contributed by atoms with E-state index in [0.717, 1.165) is 6.54 Å². The van der Waals surface area contributed by atoms with Gasteiger partial charge >= 0.3 is 0 Å². The number of piperidine rings is 1. The van der Waals surface area contributed by atoms with Gasteiger partial charge in [0.15, 0.2) is 0 Å². The van der Waals surface area contributed by atoms with Gasteiger partial charge in [-0.05, 0) is 38.4 Å². The Kier molecular flexibility index (Phi) is 11.3. The number of aromatic nitrogens is 1. The number of pyridine rings is 1. The number of carbonyl (C=O) groups excluding carboxylic acids is 1. The minimum Gasteiger partial charge on any atom is -0.354 e. The van der Waals surface area contributed by atoms with Gasteiger partial charge in [0.05, 0.1) is 0 Å². The Morgan fingerprint density at radius 3 is 2.54 bits per heavy atom. The van der Waals surface area contributed by atoms with Crippen LogP contribution in [0.15, 0.2) is 29.4 Å². The number of carbonyl (C=O) groups is 1. The van der Waals surface area contributed by atoms with Crippen LogP contribution >= 0.6 is 24.8 Å². The van der Waals surface area contributed by atoms with Gasteiger partial charge in [0.25, 0.3) is 0 Å². The lowest BCUT2D eigenvalue weighted by Crippen LogP contribution is -2.45. The van der Waals surface area contributed by atoms with E-state index in [-0.39, 0.29) is 47.6 Å². The molecule has 26 heavy (non-hydrogen) atoms. The lowest BCUT2D eigenvalue weighted by Gasteiger charge is -2.30. The van der Waals surface area contributed by atoms with E-state index >= 15 is 0 Å². The SMILES string of the molecule is CCN[C@H](C)CNC(=O)C1CCN(S(=O)(=O)c2cccnc2)CC1.Cl.Cl. The summed E-state index contributed by atoms with van der Waals surface area (Å²) in [6, 6.07) is 3.38. The van der Waals surface area contributed by atoms with Crippen molar-refractivity contribution in [3.63, 3.8) is 0 Å².